The lowest BCUT2D eigenvalue weighted by atomic mass is 9.99. The van der Waals surface area contributed by atoms with Crippen molar-refractivity contribution in [3.8, 4) is 28.4 Å². The summed E-state index contributed by atoms with van der Waals surface area (Å²) in [5.74, 6) is 2.06. The predicted octanol–water partition coefficient (Wildman–Crippen LogP) is 7.83. The second-order valence-electron chi connectivity index (χ2n) is 9.80. The molecule has 1 aliphatic rings. The second kappa shape index (κ2) is 11.2. The van der Waals surface area contributed by atoms with Crippen LogP contribution in [-0.2, 0) is 6.42 Å². The third kappa shape index (κ3) is 5.14. The van der Waals surface area contributed by atoms with E-state index in [2.05, 4.69) is 0 Å². The van der Waals surface area contributed by atoms with Crippen LogP contribution in [0, 0.1) is 6.92 Å². The smallest absolute Gasteiger partial charge is 0.424 e. The van der Waals surface area contributed by atoms with Gasteiger partial charge in [0.15, 0.2) is 11.5 Å². The van der Waals surface area contributed by atoms with E-state index < -0.39 is 6.09 Å². The Hall–Kier alpha value is -5.04. The van der Waals surface area contributed by atoms with Gasteiger partial charge >= 0.3 is 6.09 Å². The van der Waals surface area contributed by atoms with Crippen molar-refractivity contribution in [3.63, 3.8) is 0 Å². The lowest BCUT2D eigenvalue weighted by Gasteiger charge is -2.23. The number of carbonyl (C=O) groups excluding carboxylic acids is 1. The van der Waals surface area contributed by atoms with Gasteiger partial charge in [0.05, 0.1) is 22.3 Å². The lowest BCUT2D eigenvalue weighted by molar-refractivity contribution is 0.171. The van der Waals surface area contributed by atoms with Crippen LogP contribution < -0.4 is 24.5 Å². The van der Waals surface area contributed by atoms with Crippen molar-refractivity contribution in [1.82, 2.24) is 0 Å². The largest absolute Gasteiger partial charge is 0.486 e. The van der Waals surface area contributed by atoms with E-state index in [4.69, 9.17) is 18.6 Å². The fraction of sp³-hybridized carbons (Fsp3) is 0.176. The van der Waals surface area contributed by atoms with Crippen LogP contribution in [0.1, 0.15) is 24.7 Å². The molecule has 206 valence electrons. The Bertz CT molecular complexity index is 1740. The van der Waals surface area contributed by atoms with E-state index in [-0.39, 0.29) is 5.43 Å². The highest BCUT2D eigenvalue weighted by Crippen LogP contribution is 2.36. The number of hydrogen-bond acceptors (Lipinski definition) is 6. The maximum Gasteiger partial charge on any atom is 0.424 e. The predicted molar refractivity (Wildman–Crippen MR) is 159 cm³/mol. The van der Waals surface area contributed by atoms with Gasteiger partial charge in [-0.2, -0.15) is 0 Å². The zero-order valence-corrected chi connectivity index (χ0v) is 22.9. The molecule has 0 saturated heterocycles. The Balaban J connectivity index is 1.41. The van der Waals surface area contributed by atoms with Crippen molar-refractivity contribution >= 4 is 28.4 Å². The summed E-state index contributed by atoms with van der Waals surface area (Å²) in [6.07, 6.45) is 0.844. The average Bonchev–Trinajstić information content (AvgIpc) is 2.99. The summed E-state index contributed by atoms with van der Waals surface area (Å²) in [6, 6.07) is 27.5. The molecule has 0 unspecified atom stereocenters. The van der Waals surface area contributed by atoms with Gasteiger partial charge in [0.25, 0.3) is 0 Å². The highest BCUT2D eigenvalue weighted by molar-refractivity contribution is 5.97. The minimum absolute atomic E-state index is 0.161. The van der Waals surface area contributed by atoms with Crippen LogP contribution >= 0.6 is 0 Å². The SMILES string of the molecule is CCCc1cc2c(=O)c(-c3ccc4c(c3)OCCO4)c(C)oc2cc1OC(=O)N(c1ccccc1)c1ccccc1. The Morgan fingerprint density at radius 3 is 2.17 bits per heavy atom. The minimum Gasteiger partial charge on any atom is -0.486 e. The number of benzene rings is 4. The summed E-state index contributed by atoms with van der Waals surface area (Å²) in [6.45, 7) is 4.74. The van der Waals surface area contributed by atoms with Gasteiger partial charge in [-0.25, -0.2) is 9.69 Å². The molecule has 41 heavy (non-hydrogen) atoms. The Morgan fingerprint density at radius 1 is 0.854 bits per heavy atom. The molecule has 0 saturated carbocycles. The van der Waals surface area contributed by atoms with Crippen molar-refractivity contribution in [2.24, 2.45) is 0 Å². The molecule has 7 nitrogen and oxygen atoms in total. The molecule has 1 aromatic heterocycles. The van der Waals surface area contributed by atoms with E-state index >= 15 is 0 Å². The van der Waals surface area contributed by atoms with Crippen LogP contribution in [0.4, 0.5) is 16.2 Å². The topological polar surface area (TPSA) is 78.2 Å². The van der Waals surface area contributed by atoms with Gasteiger partial charge in [0.1, 0.15) is 30.3 Å². The zero-order valence-electron chi connectivity index (χ0n) is 22.9. The second-order valence-corrected chi connectivity index (χ2v) is 9.80. The van der Waals surface area contributed by atoms with Crippen molar-refractivity contribution in [1.29, 1.82) is 0 Å². The summed E-state index contributed by atoms with van der Waals surface area (Å²) < 4.78 is 23.6. The van der Waals surface area contributed by atoms with Crippen LogP contribution in [0.5, 0.6) is 17.2 Å². The van der Waals surface area contributed by atoms with Crippen LogP contribution in [0.15, 0.2) is 100 Å². The van der Waals surface area contributed by atoms with E-state index in [1.54, 1.807) is 19.1 Å². The van der Waals surface area contributed by atoms with Gasteiger partial charge in [-0.1, -0.05) is 55.8 Å². The van der Waals surface area contributed by atoms with E-state index in [0.29, 0.717) is 76.1 Å². The van der Waals surface area contributed by atoms with Gasteiger partial charge in [0.2, 0.25) is 5.43 Å². The summed E-state index contributed by atoms with van der Waals surface area (Å²) in [4.78, 5) is 29.0. The molecule has 2 heterocycles. The number of para-hydroxylation sites is 2. The number of fused-ring (bicyclic) bond motifs is 2. The molecule has 0 atom stereocenters. The van der Waals surface area contributed by atoms with Crippen LogP contribution in [0.25, 0.3) is 22.1 Å². The Morgan fingerprint density at radius 2 is 1.51 bits per heavy atom. The number of hydrogen-bond donors (Lipinski definition) is 0. The number of anilines is 2. The van der Waals surface area contributed by atoms with Gasteiger partial charge < -0.3 is 18.6 Å². The molecule has 1 amide bonds. The zero-order chi connectivity index (χ0) is 28.3. The molecule has 4 aromatic carbocycles. The van der Waals surface area contributed by atoms with Gasteiger partial charge in [-0.15, -0.1) is 0 Å². The number of rotatable bonds is 6. The third-order valence-electron chi connectivity index (χ3n) is 7.01. The number of amides is 1. The highest BCUT2D eigenvalue weighted by Gasteiger charge is 2.24. The van der Waals surface area contributed by atoms with Crippen molar-refractivity contribution < 1.29 is 23.4 Å². The summed E-state index contributed by atoms with van der Waals surface area (Å²) in [5, 5.41) is 0.423. The van der Waals surface area contributed by atoms with Crippen LogP contribution in [-0.4, -0.2) is 19.3 Å². The average molecular weight is 548 g/mol. The number of aryl methyl sites for hydroxylation is 2. The van der Waals surface area contributed by atoms with Gasteiger partial charge in [-0.3, -0.25) is 4.79 Å². The number of nitrogens with zero attached hydrogens (tertiary/aromatic N) is 1. The maximum absolute atomic E-state index is 13.8. The first-order valence-electron chi connectivity index (χ1n) is 13.7. The quantitative estimate of drug-likeness (QED) is 0.216. The summed E-state index contributed by atoms with van der Waals surface area (Å²) in [7, 11) is 0. The van der Waals surface area contributed by atoms with E-state index in [1.165, 1.54) is 4.90 Å². The van der Waals surface area contributed by atoms with Crippen molar-refractivity contribution in [2.75, 3.05) is 18.1 Å². The van der Waals surface area contributed by atoms with Crippen LogP contribution in [0.2, 0.25) is 0 Å². The first kappa shape index (κ1) is 26.2. The van der Waals surface area contributed by atoms with Crippen molar-refractivity contribution in [3.05, 3.63) is 113 Å². The summed E-state index contributed by atoms with van der Waals surface area (Å²) in [5.41, 5.74) is 3.44. The molecular weight excluding hydrogens is 518 g/mol. The third-order valence-corrected chi connectivity index (χ3v) is 7.01. The highest BCUT2D eigenvalue weighted by atomic mass is 16.6. The molecule has 0 spiro atoms. The fourth-order valence-electron chi connectivity index (χ4n) is 5.13. The minimum atomic E-state index is -0.564. The number of ether oxygens (including phenoxy) is 3. The van der Waals surface area contributed by atoms with Crippen LogP contribution in [0.3, 0.4) is 0 Å². The molecular formula is C34H29NO6. The molecule has 0 aliphatic carbocycles. The number of carbonyl (C=O) groups is 1. The molecule has 0 bridgehead atoms. The van der Waals surface area contributed by atoms with Gasteiger partial charge in [-0.05, 0) is 66.9 Å². The normalized spacial score (nSPS) is 12.2. The lowest BCUT2D eigenvalue weighted by Crippen LogP contribution is -2.29. The Labute approximate surface area is 237 Å². The van der Waals surface area contributed by atoms with Crippen molar-refractivity contribution in [2.45, 2.75) is 26.7 Å². The van der Waals surface area contributed by atoms with E-state index in [0.717, 1.165) is 12.0 Å². The standard InChI is InChI=1S/C34H29NO6/c1-3-10-23-19-27-30(40-22(2)32(33(27)36)24-15-16-28-31(20-24)39-18-17-38-28)21-29(23)41-34(37)35(25-11-6-4-7-12-25)26-13-8-5-9-14-26/h4-9,11-16,19-21H,3,10,17-18H2,1-2H3. The molecule has 0 radical (unpaired) electrons. The maximum atomic E-state index is 13.8. The van der Waals surface area contributed by atoms with E-state index in [1.807, 2.05) is 85.8 Å². The van der Waals surface area contributed by atoms with Gasteiger partial charge in [0, 0.05) is 6.07 Å². The summed E-state index contributed by atoms with van der Waals surface area (Å²) >= 11 is 0. The molecule has 5 aromatic rings. The Kier molecular flexibility index (Phi) is 7.17. The first-order chi connectivity index (χ1) is 20.0. The first-order valence-corrected chi connectivity index (χ1v) is 13.7. The van der Waals surface area contributed by atoms with E-state index in [9.17, 15) is 9.59 Å². The molecule has 7 heteroatoms. The monoisotopic (exact) mass is 547 g/mol. The molecule has 6 rings (SSSR count). The molecule has 1 aliphatic heterocycles. The fourth-order valence-corrected chi connectivity index (χ4v) is 5.13. The molecule has 0 fully saturated rings. The molecule has 0 N–H and O–H groups in total.